The van der Waals surface area contributed by atoms with Crippen LogP contribution in [-0.4, -0.2) is 9.55 Å². The van der Waals surface area contributed by atoms with Gasteiger partial charge in [0.05, 0.1) is 16.9 Å². The predicted octanol–water partition coefficient (Wildman–Crippen LogP) is 4.52. The van der Waals surface area contributed by atoms with E-state index >= 15 is 0 Å². The van der Waals surface area contributed by atoms with Gasteiger partial charge in [0.15, 0.2) is 0 Å². The second-order valence-corrected chi connectivity index (χ2v) is 6.27. The van der Waals surface area contributed by atoms with Gasteiger partial charge in [-0.1, -0.05) is 25.5 Å². The monoisotopic (exact) mass is 276 g/mol. The summed E-state index contributed by atoms with van der Waals surface area (Å²) in [4.78, 5) is 4.72. The molecule has 2 aromatic rings. The fourth-order valence-electron chi connectivity index (χ4n) is 3.39. The summed E-state index contributed by atoms with van der Waals surface area (Å²) in [5, 5.41) is 0. The van der Waals surface area contributed by atoms with E-state index < -0.39 is 0 Å². The van der Waals surface area contributed by atoms with E-state index in [1.54, 1.807) is 0 Å². The van der Waals surface area contributed by atoms with Gasteiger partial charge in [0.2, 0.25) is 0 Å². The normalized spacial score (nSPS) is 23.3. The van der Waals surface area contributed by atoms with E-state index in [1.165, 1.54) is 30.3 Å². The molecule has 0 bridgehead atoms. The van der Waals surface area contributed by atoms with Crippen molar-refractivity contribution in [3.8, 4) is 0 Å². The number of para-hydroxylation sites is 1. The summed E-state index contributed by atoms with van der Waals surface area (Å²) < 4.78 is 2.35. The van der Waals surface area contributed by atoms with Gasteiger partial charge >= 0.3 is 0 Å². The van der Waals surface area contributed by atoms with Crippen LogP contribution < -0.4 is 0 Å². The molecule has 3 rings (SSSR count). The van der Waals surface area contributed by atoms with Gasteiger partial charge in [-0.2, -0.15) is 0 Å². The molecule has 1 aliphatic rings. The number of aryl methyl sites for hydroxylation is 1. The number of hydrogen-bond donors (Lipinski definition) is 0. The zero-order valence-corrected chi connectivity index (χ0v) is 12.5. The summed E-state index contributed by atoms with van der Waals surface area (Å²) in [5.74, 6) is 3.18. The first kappa shape index (κ1) is 13.0. The van der Waals surface area contributed by atoms with Crippen LogP contribution in [-0.2, 0) is 12.4 Å². The molecule has 0 spiro atoms. The average Bonchev–Trinajstić information content (AvgIpc) is 2.96. The molecule has 0 aliphatic heterocycles. The van der Waals surface area contributed by atoms with Crippen LogP contribution in [0.2, 0.25) is 0 Å². The Labute approximate surface area is 119 Å². The number of aromatic nitrogens is 2. The molecular weight excluding hydrogens is 256 g/mol. The minimum atomic E-state index is 0.496. The molecule has 1 heterocycles. The summed E-state index contributed by atoms with van der Waals surface area (Å²) in [6.07, 6.45) is 4.05. The summed E-state index contributed by atoms with van der Waals surface area (Å²) in [7, 11) is 0. The van der Waals surface area contributed by atoms with Crippen molar-refractivity contribution >= 4 is 22.6 Å². The third-order valence-electron chi connectivity index (χ3n) is 4.42. The second-order valence-electron chi connectivity index (χ2n) is 6.00. The molecule has 1 fully saturated rings. The Morgan fingerprint density at radius 1 is 1.37 bits per heavy atom. The van der Waals surface area contributed by atoms with Crippen molar-refractivity contribution in [3.63, 3.8) is 0 Å². The smallest absolute Gasteiger partial charge is 0.124 e. The van der Waals surface area contributed by atoms with Crippen LogP contribution in [0.4, 0.5) is 0 Å². The highest BCUT2D eigenvalue weighted by atomic mass is 35.5. The first-order valence-corrected chi connectivity index (χ1v) is 7.73. The van der Waals surface area contributed by atoms with Gasteiger partial charge in [0.25, 0.3) is 0 Å². The van der Waals surface area contributed by atoms with Crippen LogP contribution in [0.3, 0.4) is 0 Å². The molecule has 102 valence electrons. The van der Waals surface area contributed by atoms with Crippen LogP contribution in [0.25, 0.3) is 11.0 Å². The van der Waals surface area contributed by atoms with Gasteiger partial charge in [-0.25, -0.2) is 4.98 Å². The fraction of sp³-hybridized carbons (Fsp3) is 0.562. The first-order chi connectivity index (χ1) is 9.19. The Morgan fingerprint density at radius 3 is 2.89 bits per heavy atom. The van der Waals surface area contributed by atoms with Gasteiger partial charge in [0, 0.05) is 6.54 Å². The van der Waals surface area contributed by atoms with Crippen molar-refractivity contribution in [2.45, 2.75) is 45.5 Å². The van der Waals surface area contributed by atoms with E-state index in [9.17, 15) is 0 Å². The van der Waals surface area contributed by atoms with Crippen molar-refractivity contribution in [1.29, 1.82) is 0 Å². The molecule has 1 aromatic heterocycles. The summed E-state index contributed by atoms with van der Waals surface area (Å²) in [6.45, 7) is 5.56. The van der Waals surface area contributed by atoms with Crippen LogP contribution in [0.15, 0.2) is 18.2 Å². The number of alkyl halides is 1. The average molecular weight is 277 g/mol. The van der Waals surface area contributed by atoms with E-state index in [-0.39, 0.29) is 0 Å². The van der Waals surface area contributed by atoms with E-state index in [4.69, 9.17) is 16.6 Å². The Bertz CT molecular complexity index is 588. The highest BCUT2D eigenvalue weighted by molar-refractivity contribution is 6.16. The lowest BCUT2D eigenvalue weighted by atomic mass is 10.1. The second kappa shape index (κ2) is 5.16. The molecule has 0 saturated heterocycles. The van der Waals surface area contributed by atoms with Crippen molar-refractivity contribution in [2.24, 2.45) is 11.8 Å². The number of rotatable bonds is 3. The SMILES string of the molecule is Cc1cccc2c1nc(CCl)n2CC1CCC(C)C1. The summed E-state index contributed by atoms with van der Waals surface area (Å²) in [6, 6.07) is 6.41. The van der Waals surface area contributed by atoms with Crippen molar-refractivity contribution in [3.05, 3.63) is 29.6 Å². The maximum Gasteiger partial charge on any atom is 0.124 e. The summed E-state index contributed by atoms with van der Waals surface area (Å²) in [5.41, 5.74) is 3.60. The highest BCUT2D eigenvalue weighted by Gasteiger charge is 2.23. The van der Waals surface area contributed by atoms with E-state index in [1.807, 2.05) is 0 Å². The van der Waals surface area contributed by atoms with Crippen molar-refractivity contribution in [2.75, 3.05) is 0 Å². The van der Waals surface area contributed by atoms with E-state index in [0.29, 0.717) is 5.88 Å². The van der Waals surface area contributed by atoms with Crippen LogP contribution >= 0.6 is 11.6 Å². The van der Waals surface area contributed by atoms with Crippen molar-refractivity contribution in [1.82, 2.24) is 9.55 Å². The molecular formula is C16H21ClN2. The standard InChI is InChI=1S/C16H21ClN2/c1-11-6-7-13(8-11)10-19-14-5-3-4-12(2)16(14)18-15(19)9-17/h3-5,11,13H,6-10H2,1-2H3. The van der Waals surface area contributed by atoms with Crippen LogP contribution in [0.5, 0.6) is 0 Å². The largest absolute Gasteiger partial charge is 0.327 e. The number of halogens is 1. The van der Waals surface area contributed by atoms with Gasteiger partial charge < -0.3 is 4.57 Å². The lowest BCUT2D eigenvalue weighted by Crippen LogP contribution is -2.10. The number of benzene rings is 1. The zero-order chi connectivity index (χ0) is 13.4. The molecule has 19 heavy (non-hydrogen) atoms. The quantitative estimate of drug-likeness (QED) is 0.754. The van der Waals surface area contributed by atoms with E-state index in [2.05, 4.69) is 36.6 Å². The predicted molar refractivity (Wildman–Crippen MR) is 80.5 cm³/mol. The van der Waals surface area contributed by atoms with Gasteiger partial charge in [-0.15, -0.1) is 11.6 Å². The molecule has 2 unspecified atom stereocenters. The highest BCUT2D eigenvalue weighted by Crippen LogP contribution is 2.33. The van der Waals surface area contributed by atoms with E-state index in [0.717, 1.165) is 29.7 Å². The molecule has 1 saturated carbocycles. The minimum absolute atomic E-state index is 0.496. The maximum absolute atomic E-state index is 6.09. The first-order valence-electron chi connectivity index (χ1n) is 7.19. The Kier molecular flexibility index (Phi) is 3.53. The number of imidazole rings is 1. The van der Waals surface area contributed by atoms with Crippen LogP contribution in [0.1, 0.15) is 37.6 Å². The minimum Gasteiger partial charge on any atom is -0.327 e. The lowest BCUT2D eigenvalue weighted by Gasteiger charge is -2.13. The van der Waals surface area contributed by atoms with Gasteiger partial charge in [-0.05, 0) is 43.2 Å². The molecule has 2 nitrogen and oxygen atoms in total. The van der Waals surface area contributed by atoms with Gasteiger partial charge in [-0.3, -0.25) is 0 Å². The number of hydrogen-bond acceptors (Lipinski definition) is 1. The third kappa shape index (κ3) is 2.38. The maximum atomic E-state index is 6.09. The molecule has 1 aromatic carbocycles. The Balaban J connectivity index is 1.99. The third-order valence-corrected chi connectivity index (χ3v) is 4.66. The van der Waals surface area contributed by atoms with Gasteiger partial charge in [0.1, 0.15) is 5.82 Å². The Hall–Kier alpha value is -1.02. The number of fused-ring (bicyclic) bond motifs is 1. The molecule has 0 N–H and O–H groups in total. The van der Waals surface area contributed by atoms with Crippen LogP contribution in [0, 0.1) is 18.8 Å². The molecule has 1 aliphatic carbocycles. The van der Waals surface area contributed by atoms with Crippen molar-refractivity contribution < 1.29 is 0 Å². The fourth-order valence-corrected chi connectivity index (χ4v) is 3.59. The molecule has 0 amide bonds. The molecule has 2 atom stereocenters. The molecule has 0 radical (unpaired) electrons. The topological polar surface area (TPSA) is 17.8 Å². The summed E-state index contributed by atoms with van der Waals surface area (Å²) >= 11 is 6.09. The number of nitrogens with zero attached hydrogens (tertiary/aromatic N) is 2. The lowest BCUT2D eigenvalue weighted by molar-refractivity contribution is 0.441. The zero-order valence-electron chi connectivity index (χ0n) is 11.7. The molecule has 3 heteroatoms. The Morgan fingerprint density at radius 2 is 2.21 bits per heavy atom.